The number of carbonyl (C=O) groups is 2. The van der Waals surface area contributed by atoms with E-state index in [1.807, 2.05) is 12.1 Å². The Morgan fingerprint density at radius 3 is 2.55 bits per heavy atom. The van der Waals surface area contributed by atoms with E-state index in [2.05, 4.69) is 10.3 Å². The third-order valence-corrected chi connectivity index (χ3v) is 7.37. The van der Waals surface area contributed by atoms with Crippen molar-refractivity contribution in [1.82, 2.24) is 4.98 Å². The predicted octanol–water partition coefficient (Wildman–Crippen LogP) is 3.47. The van der Waals surface area contributed by atoms with E-state index in [-0.39, 0.29) is 27.8 Å². The number of aromatic hydroxyl groups is 1. The van der Waals surface area contributed by atoms with E-state index >= 15 is 0 Å². The zero-order valence-electron chi connectivity index (χ0n) is 24.3. The van der Waals surface area contributed by atoms with Crippen LogP contribution in [0.3, 0.4) is 0 Å². The number of nitrogens with zero attached hydrogens (tertiary/aromatic N) is 1. The standard InChI is InChI=1S/C31H31N3O10/c1-15-20(41-29-23(36)25(43-30(32)39)26(40-4)31(2,3)44-29)11-10-19-22(35)21(28(38)42-24(15)19)34-27(37)17-8-5-7-16(13-17)18-9-6-12-33-14-18/h5-14,23,25-26,29,35-36H,1-4H3,(H2,32,39)(H,34,37)/t23-,25+,26-,29-/m1/s1. The second-order valence-electron chi connectivity index (χ2n) is 10.7. The van der Waals surface area contributed by atoms with Crippen LogP contribution in [0.2, 0.25) is 0 Å². The van der Waals surface area contributed by atoms with Crippen molar-refractivity contribution in [3.63, 3.8) is 0 Å². The Balaban J connectivity index is 1.42. The highest BCUT2D eigenvalue weighted by Gasteiger charge is 2.53. The summed E-state index contributed by atoms with van der Waals surface area (Å²) in [5.74, 6) is -1.00. The molecule has 2 aromatic carbocycles. The summed E-state index contributed by atoms with van der Waals surface area (Å²) in [7, 11) is 1.37. The number of methoxy groups -OCH3 is 1. The first-order chi connectivity index (χ1) is 20.9. The fourth-order valence-corrected chi connectivity index (χ4v) is 5.23. The van der Waals surface area contributed by atoms with Gasteiger partial charge in [0.1, 0.15) is 17.4 Å². The van der Waals surface area contributed by atoms with Crippen LogP contribution in [0.15, 0.2) is 70.1 Å². The van der Waals surface area contributed by atoms with Crippen LogP contribution in [0.5, 0.6) is 11.5 Å². The Labute approximate surface area is 251 Å². The summed E-state index contributed by atoms with van der Waals surface area (Å²) in [6.45, 7) is 4.89. The molecule has 3 heterocycles. The van der Waals surface area contributed by atoms with Crippen molar-refractivity contribution < 1.29 is 43.2 Å². The van der Waals surface area contributed by atoms with Crippen LogP contribution in [0.25, 0.3) is 22.1 Å². The molecule has 13 heteroatoms. The average molecular weight is 606 g/mol. The molecule has 0 spiro atoms. The van der Waals surface area contributed by atoms with Crippen LogP contribution >= 0.6 is 0 Å². The molecule has 2 amide bonds. The molecule has 0 radical (unpaired) electrons. The van der Waals surface area contributed by atoms with E-state index in [4.69, 9.17) is 29.1 Å². The molecule has 1 aliphatic rings. The van der Waals surface area contributed by atoms with Gasteiger partial charge in [-0.1, -0.05) is 18.2 Å². The molecule has 2 aromatic heterocycles. The first-order valence-corrected chi connectivity index (χ1v) is 13.5. The van der Waals surface area contributed by atoms with Gasteiger partial charge in [-0.15, -0.1) is 0 Å². The minimum Gasteiger partial charge on any atom is -0.505 e. The number of primary amides is 1. The molecule has 230 valence electrons. The summed E-state index contributed by atoms with van der Waals surface area (Å²) in [5, 5.41) is 24.5. The third kappa shape index (κ3) is 5.80. The number of hydrogen-bond acceptors (Lipinski definition) is 11. The van der Waals surface area contributed by atoms with Gasteiger partial charge in [0.05, 0.1) is 11.0 Å². The molecule has 13 nitrogen and oxygen atoms in total. The quantitative estimate of drug-likeness (QED) is 0.225. The largest absolute Gasteiger partial charge is 0.505 e. The van der Waals surface area contributed by atoms with Gasteiger partial charge in [0.2, 0.25) is 6.29 Å². The lowest BCUT2D eigenvalue weighted by molar-refractivity contribution is -0.304. The van der Waals surface area contributed by atoms with Crippen molar-refractivity contribution >= 4 is 28.7 Å². The van der Waals surface area contributed by atoms with Gasteiger partial charge in [-0.2, -0.15) is 0 Å². The van der Waals surface area contributed by atoms with Gasteiger partial charge in [0, 0.05) is 36.2 Å². The minimum absolute atomic E-state index is 0.0224. The number of aromatic nitrogens is 1. The first kappa shape index (κ1) is 30.5. The van der Waals surface area contributed by atoms with E-state index in [1.54, 1.807) is 57.4 Å². The highest BCUT2D eigenvalue weighted by atomic mass is 16.7. The first-order valence-electron chi connectivity index (χ1n) is 13.5. The van der Waals surface area contributed by atoms with E-state index in [9.17, 15) is 24.6 Å². The maximum Gasteiger partial charge on any atom is 0.404 e. The Morgan fingerprint density at radius 2 is 1.86 bits per heavy atom. The predicted molar refractivity (Wildman–Crippen MR) is 157 cm³/mol. The molecule has 1 aliphatic heterocycles. The van der Waals surface area contributed by atoms with Crippen molar-refractivity contribution in [2.75, 3.05) is 12.4 Å². The highest BCUT2D eigenvalue weighted by molar-refractivity contribution is 6.07. The number of nitrogens with two attached hydrogens (primary N) is 1. The number of rotatable bonds is 7. The number of benzene rings is 2. The minimum atomic E-state index is -1.51. The van der Waals surface area contributed by atoms with Crippen LogP contribution in [0.1, 0.15) is 29.8 Å². The molecule has 1 saturated heterocycles. The number of aryl methyl sites for hydroxylation is 1. The molecule has 0 unspecified atom stereocenters. The molecule has 5 rings (SSSR count). The maximum atomic E-state index is 13.1. The Kier molecular flexibility index (Phi) is 8.28. The molecule has 0 bridgehead atoms. The molecular weight excluding hydrogens is 574 g/mol. The molecule has 0 aliphatic carbocycles. The summed E-state index contributed by atoms with van der Waals surface area (Å²) >= 11 is 0. The van der Waals surface area contributed by atoms with Crippen LogP contribution < -0.4 is 21.4 Å². The molecule has 5 N–H and O–H groups in total. The second kappa shape index (κ2) is 12.0. The number of nitrogens with one attached hydrogen (secondary N) is 1. The number of aliphatic hydroxyl groups is 1. The molecular formula is C31H31N3O10. The Hall–Kier alpha value is -4.98. The highest BCUT2D eigenvalue weighted by Crippen LogP contribution is 2.38. The fraction of sp³-hybridized carbons (Fsp3) is 0.290. The number of anilines is 1. The average Bonchev–Trinajstić information content (AvgIpc) is 2.99. The normalized spacial score (nSPS) is 21.0. The number of amides is 2. The zero-order chi connectivity index (χ0) is 31.8. The fourth-order valence-electron chi connectivity index (χ4n) is 5.23. The lowest BCUT2D eigenvalue weighted by atomic mass is 9.89. The van der Waals surface area contributed by atoms with E-state index < -0.39 is 59.3 Å². The maximum absolute atomic E-state index is 13.1. The van der Waals surface area contributed by atoms with E-state index in [0.29, 0.717) is 0 Å². The van der Waals surface area contributed by atoms with E-state index in [0.717, 1.165) is 11.1 Å². The summed E-state index contributed by atoms with van der Waals surface area (Å²) < 4.78 is 27.9. The van der Waals surface area contributed by atoms with Gasteiger partial charge >= 0.3 is 11.7 Å². The molecule has 0 saturated carbocycles. The second-order valence-corrected chi connectivity index (χ2v) is 10.7. The van der Waals surface area contributed by atoms with Crippen molar-refractivity contribution in [2.45, 2.75) is 51.0 Å². The molecule has 4 atom stereocenters. The number of pyridine rings is 1. The van der Waals surface area contributed by atoms with Gasteiger partial charge in [0.15, 0.2) is 23.6 Å². The summed E-state index contributed by atoms with van der Waals surface area (Å²) in [6.07, 6.45) is -2.76. The van der Waals surface area contributed by atoms with Gasteiger partial charge < -0.3 is 44.6 Å². The lowest BCUT2D eigenvalue weighted by Crippen LogP contribution is -2.65. The number of hydrogen-bond donors (Lipinski definition) is 4. The van der Waals surface area contributed by atoms with Crippen LogP contribution in [-0.4, -0.2) is 64.5 Å². The lowest BCUT2D eigenvalue weighted by Gasteiger charge is -2.47. The van der Waals surface area contributed by atoms with Crippen LogP contribution in [0.4, 0.5) is 10.5 Å². The molecule has 4 aromatic rings. The van der Waals surface area contributed by atoms with Crippen molar-refractivity contribution in [1.29, 1.82) is 0 Å². The topological polar surface area (TPSA) is 193 Å². The third-order valence-electron chi connectivity index (χ3n) is 7.37. The van der Waals surface area contributed by atoms with Gasteiger partial charge in [-0.3, -0.25) is 9.78 Å². The number of ether oxygens (including phenoxy) is 4. The summed E-state index contributed by atoms with van der Waals surface area (Å²) in [4.78, 5) is 41.7. The number of aliphatic hydroxyl groups excluding tert-OH is 1. The Bertz CT molecular complexity index is 1770. The Morgan fingerprint density at radius 1 is 1.11 bits per heavy atom. The summed E-state index contributed by atoms with van der Waals surface area (Å²) in [6, 6.07) is 13.2. The number of carbonyl (C=O) groups excluding carboxylic acids is 2. The van der Waals surface area contributed by atoms with Gasteiger partial charge in [-0.05, 0) is 56.7 Å². The van der Waals surface area contributed by atoms with Crippen LogP contribution in [-0.2, 0) is 14.2 Å². The van der Waals surface area contributed by atoms with Crippen molar-refractivity contribution in [2.24, 2.45) is 5.73 Å². The summed E-state index contributed by atoms with van der Waals surface area (Å²) in [5.41, 5.74) is 4.73. The van der Waals surface area contributed by atoms with Crippen molar-refractivity contribution in [3.05, 3.63) is 82.5 Å². The molecule has 44 heavy (non-hydrogen) atoms. The van der Waals surface area contributed by atoms with Gasteiger partial charge in [0.25, 0.3) is 5.91 Å². The SMILES string of the molecule is CO[C@@H]1[C@@H](OC(N)=O)[C@@H](O)[C@H](Oc2ccc3c(O)c(NC(=O)c4cccc(-c5cccnc5)c4)c(=O)oc3c2C)OC1(C)C. The number of fused-ring (bicyclic) bond motifs is 1. The monoisotopic (exact) mass is 605 g/mol. The van der Waals surface area contributed by atoms with Crippen LogP contribution in [0, 0.1) is 6.92 Å². The van der Waals surface area contributed by atoms with E-state index in [1.165, 1.54) is 19.2 Å². The van der Waals surface area contributed by atoms with Gasteiger partial charge in [-0.25, -0.2) is 9.59 Å². The van der Waals surface area contributed by atoms with Crippen molar-refractivity contribution in [3.8, 4) is 22.6 Å². The zero-order valence-corrected chi connectivity index (χ0v) is 24.3. The molecule has 1 fully saturated rings. The smallest absolute Gasteiger partial charge is 0.404 e.